The van der Waals surface area contributed by atoms with Crippen LogP contribution in [-0.4, -0.2) is 61.7 Å². The summed E-state index contributed by atoms with van der Waals surface area (Å²) in [6.45, 7) is 5.06. The highest BCUT2D eigenvalue weighted by Crippen LogP contribution is 2.37. The number of carbonyl (C=O) groups is 3. The molecule has 0 spiro atoms. The number of nitrogens with one attached hydrogen (secondary N) is 2. The van der Waals surface area contributed by atoms with Gasteiger partial charge in [0.1, 0.15) is 12.1 Å². The lowest BCUT2D eigenvalue weighted by Crippen LogP contribution is -2.68. The number of rotatable bonds is 10. The van der Waals surface area contributed by atoms with Gasteiger partial charge < -0.3 is 31.0 Å². The minimum atomic E-state index is -3.26. The zero-order valence-corrected chi connectivity index (χ0v) is 19.9. The lowest BCUT2D eigenvalue weighted by molar-refractivity contribution is -0.137. The molecule has 0 fully saturated rings. The maximum absolute atomic E-state index is 13.4. The van der Waals surface area contributed by atoms with E-state index in [1.165, 1.54) is 0 Å². The number of carbonyl (C=O) groups excluding carboxylic acids is 2. The molecule has 10 heteroatoms. The summed E-state index contributed by atoms with van der Waals surface area (Å²) in [6, 6.07) is 16.4. The highest BCUT2D eigenvalue weighted by Gasteiger charge is 2.53. The number of amides is 2. The lowest BCUT2D eigenvalue weighted by Gasteiger charge is -2.42. The van der Waals surface area contributed by atoms with Crippen LogP contribution in [-0.2, 0) is 14.0 Å². The molecule has 0 aromatic heterocycles. The van der Waals surface area contributed by atoms with E-state index in [0.717, 1.165) is 10.4 Å². The predicted molar refractivity (Wildman–Crippen MR) is 127 cm³/mol. The van der Waals surface area contributed by atoms with Crippen molar-refractivity contribution in [2.24, 2.45) is 5.73 Å². The van der Waals surface area contributed by atoms with Gasteiger partial charge in [-0.05, 0) is 15.4 Å². The SMILES string of the molecule is CC(C)(C)[Si](OC(=O)[C@H](CN[C@@H](CO)C(N)=O)NC(=O)O)(c1ccccc1)c1ccccc1. The lowest BCUT2D eigenvalue weighted by atomic mass is 10.2. The van der Waals surface area contributed by atoms with Gasteiger partial charge in [-0.2, -0.15) is 0 Å². The van der Waals surface area contributed by atoms with E-state index >= 15 is 0 Å². The molecule has 6 N–H and O–H groups in total. The summed E-state index contributed by atoms with van der Waals surface area (Å²) in [5.74, 6) is -1.62. The summed E-state index contributed by atoms with van der Waals surface area (Å²) in [7, 11) is -3.26. The molecular formula is C23H31N3O6Si. The fourth-order valence-corrected chi connectivity index (χ4v) is 8.10. The fraction of sp³-hybridized carbons (Fsp3) is 0.348. The van der Waals surface area contributed by atoms with Crippen molar-refractivity contribution in [1.29, 1.82) is 0 Å². The van der Waals surface area contributed by atoms with Gasteiger partial charge in [0, 0.05) is 6.54 Å². The molecular weight excluding hydrogens is 442 g/mol. The Kier molecular flexibility index (Phi) is 8.74. The first-order valence-electron chi connectivity index (χ1n) is 10.5. The van der Waals surface area contributed by atoms with Gasteiger partial charge in [-0.1, -0.05) is 81.4 Å². The molecule has 9 nitrogen and oxygen atoms in total. The second-order valence-corrected chi connectivity index (χ2v) is 12.9. The molecule has 0 saturated carbocycles. The van der Waals surface area contributed by atoms with Gasteiger partial charge in [-0.3, -0.25) is 9.59 Å². The molecule has 0 aliphatic heterocycles. The van der Waals surface area contributed by atoms with Gasteiger partial charge in [0.05, 0.1) is 6.61 Å². The quantitative estimate of drug-likeness (QED) is 0.308. The summed E-state index contributed by atoms with van der Waals surface area (Å²) in [5, 5.41) is 24.6. The average Bonchev–Trinajstić information content (AvgIpc) is 2.76. The number of hydrogen-bond acceptors (Lipinski definition) is 6. The fourth-order valence-electron chi connectivity index (χ4n) is 3.73. The molecule has 0 radical (unpaired) electrons. The highest BCUT2D eigenvalue weighted by molar-refractivity contribution is 7.00. The molecule has 33 heavy (non-hydrogen) atoms. The smallest absolute Gasteiger partial charge is 0.405 e. The first-order chi connectivity index (χ1) is 15.5. The molecule has 0 heterocycles. The second kappa shape index (κ2) is 11.1. The van der Waals surface area contributed by atoms with Gasteiger partial charge in [0.2, 0.25) is 5.91 Å². The molecule has 2 amide bonds. The molecule has 0 aliphatic carbocycles. The summed E-state index contributed by atoms with van der Waals surface area (Å²) < 4.78 is 6.32. The first kappa shape index (κ1) is 26.0. The number of nitrogens with two attached hydrogens (primary N) is 1. The third kappa shape index (κ3) is 6.19. The zero-order valence-electron chi connectivity index (χ0n) is 18.9. The van der Waals surface area contributed by atoms with Crippen molar-refractivity contribution >= 4 is 36.7 Å². The number of aliphatic hydroxyl groups excluding tert-OH is 1. The van der Waals surface area contributed by atoms with Gasteiger partial charge in [-0.25, -0.2) is 4.79 Å². The molecule has 2 atom stereocenters. The van der Waals surface area contributed by atoms with E-state index in [2.05, 4.69) is 10.6 Å². The predicted octanol–water partition coefficient (Wildman–Crippen LogP) is 0.162. The Bertz CT molecular complexity index is 910. The van der Waals surface area contributed by atoms with Crippen LogP contribution in [0.25, 0.3) is 0 Å². The minimum absolute atomic E-state index is 0.294. The molecule has 0 bridgehead atoms. The van der Waals surface area contributed by atoms with Crippen molar-refractivity contribution < 1.29 is 29.0 Å². The number of benzene rings is 2. The van der Waals surface area contributed by atoms with Crippen LogP contribution >= 0.6 is 0 Å². The number of hydrogen-bond donors (Lipinski definition) is 5. The first-order valence-corrected chi connectivity index (χ1v) is 12.4. The maximum atomic E-state index is 13.4. The maximum Gasteiger partial charge on any atom is 0.405 e. The van der Waals surface area contributed by atoms with Crippen LogP contribution in [0.5, 0.6) is 0 Å². The minimum Gasteiger partial charge on any atom is -0.508 e. The Morgan fingerprint density at radius 1 is 0.970 bits per heavy atom. The monoisotopic (exact) mass is 473 g/mol. The number of aliphatic hydroxyl groups is 1. The summed E-state index contributed by atoms with van der Waals surface area (Å²) in [5.41, 5.74) is 5.21. The topological polar surface area (TPSA) is 151 Å². The van der Waals surface area contributed by atoms with E-state index in [1.54, 1.807) is 0 Å². The van der Waals surface area contributed by atoms with Crippen LogP contribution < -0.4 is 26.7 Å². The molecule has 0 aliphatic rings. The van der Waals surface area contributed by atoms with E-state index in [0.29, 0.717) is 0 Å². The van der Waals surface area contributed by atoms with Crippen molar-refractivity contribution in [1.82, 2.24) is 10.6 Å². The third-order valence-electron chi connectivity index (χ3n) is 5.35. The van der Waals surface area contributed by atoms with Crippen molar-refractivity contribution in [3.63, 3.8) is 0 Å². The average molecular weight is 474 g/mol. The van der Waals surface area contributed by atoms with Crippen LogP contribution in [0.4, 0.5) is 4.79 Å². The van der Waals surface area contributed by atoms with Crippen molar-refractivity contribution in [2.75, 3.05) is 13.2 Å². The van der Waals surface area contributed by atoms with Gasteiger partial charge in [0.15, 0.2) is 0 Å². The van der Waals surface area contributed by atoms with E-state index in [-0.39, 0.29) is 6.54 Å². The van der Waals surface area contributed by atoms with Crippen molar-refractivity contribution in [3.05, 3.63) is 60.7 Å². The molecule has 0 saturated heterocycles. The summed E-state index contributed by atoms with van der Waals surface area (Å²) in [4.78, 5) is 36.2. The summed E-state index contributed by atoms with van der Waals surface area (Å²) >= 11 is 0. The Morgan fingerprint density at radius 2 is 1.45 bits per heavy atom. The number of primary amides is 1. The zero-order chi connectivity index (χ0) is 24.6. The van der Waals surface area contributed by atoms with E-state index in [4.69, 9.17) is 10.2 Å². The largest absolute Gasteiger partial charge is 0.508 e. The Balaban J connectivity index is 2.51. The third-order valence-corrected chi connectivity index (χ3v) is 10.3. The van der Waals surface area contributed by atoms with Crippen LogP contribution in [0.2, 0.25) is 5.04 Å². The van der Waals surface area contributed by atoms with Crippen molar-refractivity contribution in [2.45, 2.75) is 37.9 Å². The second-order valence-electron chi connectivity index (χ2n) is 8.63. The number of carboxylic acid groups (broad SMARTS) is 1. The normalized spacial score (nSPS) is 13.6. The van der Waals surface area contributed by atoms with Crippen LogP contribution in [0.3, 0.4) is 0 Å². The van der Waals surface area contributed by atoms with Crippen LogP contribution in [0, 0.1) is 0 Å². The Labute approximate surface area is 194 Å². The van der Waals surface area contributed by atoms with Crippen molar-refractivity contribution in [3.8, 4) is 0 Å². The summed E-state index contributed by atoms with van der Waals surface area (Å²) in [6.07, 6.45) is -1.43. The molecule has 2 aromatic carbocycles. The van der Waals surface area contributed by atoms with E-state index < -0.39 is 50.0 Å². The Morgan fingerprint density at radius 3 is 1.82 bits per heavy atom. The van der Waals surface area contributed by atoms with Gasteiger partial charge in [0.25, 0.3) is 0 Å². The van der Waals surface area contributed by atoms with E-state index in [1.807, 2.05) is 81.4 Å². The van der Waals surface area contributed by atoms with Crippen LogP contribution in [0.1, 0.15) is 20.8 Å². The Hall–Kier alpha value is -3.21. The van der Waals surface area contributed by atoms with Crippen LogP contribution in [0.15, 0.2) is 60.7 Å². The highest BCUT2D eigenvalue weighted by atomic mass is 28.4. The molecule has 0 unspecified atom stereocenters. The molecule has 2 aromatic rings. The molecule has 178 valence electrons. The van der Waals surface area contributed by atoms with E-state index in [9.17, 15) is 24.6 Å². The molecule has 2 rings (SSSR count). The van der Waals surface area contributed by atoms with Gasteiger partial charge in [-0.15, -0.1) is 0 Å². The standard InChI is InChI=1S/C23H31N3O6Si/c1-23(2,3)33(16-10-6-4-7-11-16,17-12-8-5-9-13-17)32-21(29)18(26-22(30)31)14-25-19(15-27)20(24)28/h4-13,18-19,25-27H,14-15H2,1-3H3,(H2,24,28)(H,30,31)/t18-,19-/m0/s1. The van der Waals surface area contributed by atoms with Gasteiger partial charge >= 0.3 is 20.4 Å².